The van der Waals surface area contributed by atoms with Gasteiger partial charge in [-0.1, -0.05) is 19.1 Å². The second kappa shape index (κ2) is 5.86. The monoisotopic (exact) mass is 271 g/mol. The summed E-state index contributed by atoms with van der Waals surface area (Å²) in [6.07, 6.45) is 5.20. The van der Waals surface area contributed by atoms with E-state index in [9.17, 15) is 0 Å². The normalized spacial score (nSPS) is 25.5. The number of anilines is 1. The molecule has 3 heteroatoms. The zero-order valence-electron chi connectivity index (χ0n) is 12.7. The van der Waals surface area contributed by atoms with Crippen LogP contribution >= 0.6 is 0 Å². The number of piperidine rings is 1. The first-order valence-corrected chi connectivity index (χ1v) is 7.89. The van der Waals surface area contributed by atoms with Crippen LogP contribution in [0.1, 0.15) is 32.6 Å². The van der Waals surface area contributed by atoms with Crippen molar-refractivity contribution in [1.82, 2.24) is 4.90 Å². The average molecular weight is 271 g/mol. The lowest BCUT2D eigenvalue weighted by molar-refractivity contribution is 0.547. The topological polar surface area (TPSA) is 18.8 Å². The minimum absolute atomic E-state index is 0.578. The van der Waals surface area contributed by atoms with Gasteiger partial charge in [-0.2, -0.15) is 0 Å². The fourth-order valence-corrected chi connectivity index (χ4v) is 3.29. The van der Waals surface area contributed by atoms with E-state index in [1.807, 2.05) is 0 Å². The molecule has 20 heavy (non-hydrogen) atoms. The van der Waals surface area contributed by atoms with Gasteiger partial charge in [0.15, 0.2) is 0 Å². The molecule has 0 aliphatic carbocycles. The van der Waals surface area contributed by atoms with E-state index in [2.05, 4.69) is 48.0 Å². The highest BCUT2D eigenvalue weighted by Crippen LogP contribution is 2.32. The van der Waals surface area contributed by atoms with Crippen LogP contribution in [-0.2, 0) is 0 Å². The Balaban J connectivity index is 1.91. The second-order valence-electron chi connectivity index (χ2n) is 6.12. The maximum atomic E-state index is 5.00. The van der Waals surface area contributed by atoms with Gasteiger partial charge in [-0.15, -0.1) is 0 Å². The van der Waals surface area contributed by atoms with E-state index in [-0.39, 0.29) is 0 Å². The van der Waals surface area contributed by atoms with E-state index in [1.54, 1.807) is 0 Å². The van der Waals surface area contributed by atoms with Crippen molar-refractivity contribution < 1.29 is 0 Å². The Morgan fingerprint density at radius 2 is 1.80 bits per heavy atom. The Hall–Kier alpha value is -1.51. The van der Waals surface area contributed by atoms with Crippen LogP contribution in [0.3, 0.4) is 0 Å². The highest BCUT2D eigenvalue weighted by atomic mass is 15.2. The summed E-state index contributed by atoms with van der Waals surface area (Å²) in [5.41, 5.74) is 2.46. The van der Waals surface area contributed by atoms with E-state index < -0.39 is 0 Å². The predicted octanol–water partition coefficient (Wildman–Crippen LogP) is 3.68. The van der Waals surface area contributed by atoms with Crippen molar-refractivity contribution in [2.24, 2.45) is 10.9 Å². The molecule has 1 unspecified atom stereocenters. The molecule has 2 fully saturated rings. The maximum absolute atomic E-state index is 5.00. The van der Waals surface area contributed by atoms with Gasteiger partial charge in [-0.25, -0.2) is 4.99 Å². The lowest BCUT2D eigenvalue weighted by Crippen LogP contribution is -2.29. The van der Waals surface area contributed by atoms with Crippen LogP contribution in [0.4, 0.5) is 11.4 Å². The number of likely N-dealkylation sites (tertiary alicyclic amines) is 1. The van der Waals surface area contributed by atoms with E-state index in [1.165, 1.54) is 50.3 Å². The number of para-hydroxylation sites is 2. The van der Waals surface area contributed by atoms with Crippen molar-refractivity contribution in [2.75, 3.05) is 31.6 Å². The van der Waals surface area contributed by atoms with Gasteiger partial charge in [-0.05, 0) is 37.8 Å². The van der Waals surface area contributed by atoms with Crippen molar-refractivity contribution in [3.8, 4) is 0 Å². The standard InChI is InChI=1S/C17H25N3/c1-14-10-13-19(2)17(14)18-15-8-4-5-9-16(15)20-11-6-3-7-12-20/h4-5,8-9,14H,3,6-7,10-13H2,1-2H3. The third-order valence-corrected chi connectivity index (χ3v) is 4.54. The summed E-state index contributed by atoms with van der Waals surface area (Å²) >= 11 is 0. The van der Waals surface area contributed by atoms with Gasteiger partial charge in [-0.3, -0.25) is 0 Å². The Labute approximate surface area is 122 Å². The number of benzene rings is 1. The van der Waals surface area contributed by atoms with E-state index >= 15 is 0 Å². The third-order valence-electron chi connectivity index (χ3n) is 4.54. The number of hydrogen-bond acceptors (Lipinski definition) is 2. The summed E-state index contributed by atoms with van der Waals surface area (Å²) in [6.45, 7) is 5.76. The van der Waals surface area contributed by atoms with Crippen LogP contribution < -0.4 is 4.90 Å². The molecule has 0 radical (unpaired) electrons. The third kappa shape index (κ3) is 2.67. The molecule has 1 aromatic rings. The maximum Gasteiger partial charge on any atom is 0.108 e. The molecule has 0 saturated carbocycles. The lowest BCUT2D eigenvalue weighted by atomic mass is 10.1. The van der Waals surface area contributed by atoms with Crippen LogP contribution in [0.15, 0.2) is 29.3 Å². The molecule has 0 N–H and O–H groups in total. The van der Waals surface area contributed by atoms with Gasteiger partial charge in [0.1, 0.15) is 5.84 Å². The lowest BCUT2D eigenvalue weighted by Gasteiger charge is -2.30. The molecule has 0 amide bonds. The molecule has 0 bridgehead atoms. The van der Waals surface area contributed by atoms with Crippen molar-refractivity contribution in [3.63, 3.8) is 0 Å². The van der Waals surface area contributed by atoms with Crippen LogP contribution in [0.25, 0.3) is 0 Å². The Kier molecular flexibility index (Phi) is 3.95. The van der Waals surface area contributed by atoms with Gasteiger partial charge >= 0.3 is 0 Å². The number of rotatable bonds is 2. The number of aliphatic imine (C=N–C) groups is 1. The molecule has 0 aromatic heterocycles. The molecule has 3 rings (SSSR count). The molecule has 2 heterocycles. The molecule has 108 valence electrons. The van der Waals surface area contributed by atoms with Crippen molar-refractivity contribution >= 4 is 17.2 Å². The fraction of sp³-hybridized carbons (Fsp3) is 0.588. The Morgan fingerprint density at radius 3 is 2.50 bits per heavy atom. The van der Waals surface area contributed by atoms with Crippen molar-refractivity contribution in [2.45, 2.75) is 32.6 Å². The number of amidine groups is 1. The summed E-state index contributed by atoms with van der Waals surface area (Å²) in [5.74, 6) is 1.82. The van der Waals surface area contributed by atoms with Crippen molar-refractivity contribution in [1.29, 1.82) is 0 Å². The van der Waals surface area contributed by atoms with Crippen LogP contribution in [0.2, 0.25) is 0 Å². The quantitative estimate of drug-likeness (QED) is 0.817. The van der Waals surface area contributed by atoms with Crippen LogP contribution in [0, 0.1) is 5.92 Å². The summed E-state index contributed by atoms with van der Waals surface area (Å²) in [6, 6.07) is 8.63. The van der Waals surface area contributed by atoms with E-state index in [0.29, 0.717) is 5.92 Å². The SMILES string of the molecule is CC1CCN(C)C1=Nc1ccccc1N1CCCCC1. The molecule has 0 spiro atoms. The predicted molar refractivity (Wildman–Crippen MR) is 86.0 cm³/mol. The van der Waals surface area contributed by atoms with Gasteiger partial charge in [0.2, 0.25) is 0 Å². The smallest absolute Gasteiger partial charge is 0.108 e. The molecular weight excluding hydrogens is 246 g/mol. The number of hydrogen-bond donors (Lipinski definition) is 0. The fourth-order valence-electron chi connectivity index (χ4n) is 3.29. The van der Waals surface area contributed by atoms with Gasteiger partial charge in [0.25, 0.3) is 0 Å². The number of nitrogens with zero attached hydrogens (tertiary/aromatic N) is 3. The largest absolute Gasteiger partial charge is 0.370 e. The summed E-state index contributed by atoms with van der Waals surface area (Å²) in [4.78, 5) is 9.80. The van der Waals surface area contributed by atoms with Gasteiger partial charge < -0.3 is 9.80 Å². The molecule has 3 nitrogen and oxygen atoms in total. The van der Waals surface area contributed by atoms with E-state index in [4.69, 9.17) is 4.99 Å². The average Bonchev–Trinajstić information content (AvgIpc) is 2.81. The summed E-state index contributed by atoms with van der Waals surface area (Å²) < 4.78 is 0. The highest BCUT2D eigenvalue weighted by molar-refractivity contribution is 5.90. The first kappa shape index (κ1) is 13.5. The summed E-state index contributed by atoms with van der Waals surface area (Å²) in [5, 5.41) is 0. The minimum atomic E-state index is 0.578. The summed E-state index contributed by atoms with van der Waals surface area (Å²) in [7, 11) is 2.16. The van der Waals surface area contributed by atoms with Crippen LogP contribution in [0.5, 0.6) is 0 Å². The molecule has 1 atom stereocenters. The van der Waals surface area contributed by atoms with Gasteiger partial charge in [0, 0.05) is 32.6 Å². The first-order valence-electron chi connectivity index (χ1n) is 7.89. The second-order valence-corrected chi connectivity index (χ2v) is 6.12. The Bertz CT molecular complexity index is 477. The first-order chi connectivity index (χ1) is 9.75. The molecular formula is C17H25N3. The molecule has 2 aliphatic rings. The van der Waals surface area contributed by atoms with Gasteiger partial charge in [0.05, 0.1) is 11.4 Å². The van der Waals surface area contributed by atoms with Crippen LogP contribution in [-0.4, -0.2) is 37.4 Å². The zero-order valence-corrected chi connectivity index (χ0v) is 12.7. The van der Waals surface area contributed by atoms with Crippen molar-refractivity contribution in [3.05, 3.63) is 24.3 Å². The molecule has 1 aromatic carbocycles. The molecule has 2 saturated heterocycles. The Morgan fingerprint density at radius 1 is 1.05 bits per heavy atom. The highest BCUT2D eigenvalue weighted by Gasteiger charge is 2.23. The zero-order chi connectivity index (χ0) is 13.9. The molecule has 2 aliphatic heterocycles. The minimum Gasteiger partial charge on any atom is -0.370 e. The van der Waals surface area contributed by atoms with E-state index in [0.717, 1.165) is 12.2 Å².